The van der Waals surface area contributed by atoms with Crippen molar-refractivity contribution in [3.05, 3.63) is 83.2 Å². The average molecular weight is 479 g/mol. The highest BCUT2D eigenvalue weighted by Crippen LogP contribution is 2.35. The molecule has 0 N–H and O–H groups in total. The molecule has 0 bridgehead atoms. The molecule has 3 aromatic carbocycles. The molecule has 0 aliphatic heterocycles. The molecule has 1 saturated carbocycles. The predicted molar refractivity (Wildman–Crippen MR) is 141 cm³/mol. The van der Waals surface area contributed by atoms with Gasteiger partial charge in [0.1, 0.15) is 5.82 Å². The van der Waals surface area contributed by atoms with Crippen molar-refractivity contribution in [2.24, 2.45) is 11.8 Å². The summed E-state index contributed by atoms with van der Waals surface area (Å²) >= 11 is 0. The van der Waals surface area contributed by atoms with Crippen LogP contribution in [0.25, 0.3) is 21.9 Å². The van der Waals surface area contributed by atoms with Crippen molar-refractivity contribution in [1.82, 2.24) is 0 Å². The quantitative estimate of drug-likeness (QED) is 0.268. The molecule has 186 valence electrons. The lowest BCUT2D eigenvalue weighted by Crippen LogP contribution is -2.15. The van der Waals surface area contributed by atoms with Crippen LogP contribution >= 0.6 is 0 Å². The molecule has 0 aromatic heterocycles. The minimum absolute atomic E-state index is 0.259. The van der Waals surface area contributed by atoms with E-state index in [0.29, 0.717) is 34.9 Å². The smallest absolute Gasteiger partial charge is 0.169 e. The average Bonchev–Trinajstić information content (AvgIpc) is 2.87. The van der Waals surface area contributed by atoms with E-state index in [0.717, 1.165) is 18.3 Å². The van der Waals surface area contributed by atoms with Gasteiger partial charge in [-0.3, -0.25) is 0 Å². The zero-order valence-corrected chi connectivity index (χ0v) is 21.1. The SMILES string of the molecule is C/C=C/CCC1CCC(CCc2ccc(-c3ccc4cc(CCC)c(F)c(F)c4c3F)cc2)CC1. The fourth-order valence-corrected chi connectivity index (χ4v) is 5.64. The summed E-state index contributed by atoms with van der Waals surface area (Å²) < 4.78 is 44.6. The lowest BCUT2D eigenvalue weighted by molar-refractivity contribution is 0.254. The van der Waals surface area contributed by atoms with Crippen molar-refractivity contribution < 1.29 is 13.2 Å². The first-order valence-electron chi connectivity index (χ1n) is 13.3. The molecule has 1 fully saturated rings. The van der Waals surface area contributed by atoms with Crippen LogP contribution in [0, 0.1) is 29.3 Å². The van der Waals surface area contributed by atoms with Crippen LogP contribution in [0.15, 0.2) is 54.6 Å². The zero-order valence-electron chi connectivity index (χ0n) is 21.1. The van der Waals surface area contributed by atoms with E-state index in [1.807, 2.05) is 31.2 Å². The number of aryl methyl sites for hydroxylation is 2. The topological polar surface area (TPSA) is 0 Å². The first-order chi connectivity index (χ1) is 17.0. The summed E-state index contributed by atoms with van der Waals surface area (Å²) in [6, 6.07) is 12.8. The van der Waals surface area contributed by atoms with Gasteiger partial charge in [0, 0.05) is 5.56 Å². The van der Waals surface area contributed by atoms with Crippen LogP contribution in [0.4, 0.5) is 13.2 Å². The summed E-state index contributed by atoms with van der Waals surface area (Å²) in [5.41, 5.74) is 2.54. The van der Waals surface area contributed by atoms with E-state index >= 15 is 4.39 Å². The second-order valence-electron chi connectivity index (χ2n) is 10.2. The largest absolute Gasteiger partial charge is 0.206 e. The molecule has 0 unspecified atom stereocenters. The van der Waals surface area contributed by atoms with Gasteiger partial charge in [0.15, 0.2) is 11.6 Å². The number of benzene rings is 3. The van der Waals surface area contributed by atoms with Gasteiger partial charge in [-0.25, -0.2) is 13.2 Å². The van der Waals surface area contributed by atoms with E-state index in [1.165, 1.54) is 50.5 Å². The highest BCUT2D eigenvalue weighted by atomic mass is 19.2. The summed E-state index contributed by atoms with van der Waals surface area (Å²) in [7, 11) is 0. The molecule has 1 aliphatic carbocycles. The molecule has 3 aromatic rings. The summed E-state index contributed by atoms with van der Waals surface area (Å²) in [6.07, 6.45) is 15.6. The third-order valence-electron chi connectivity index (χ3n) is 7.77. The molecule has 4 rings (SSSR count). The number of allylic oxidation sites excluding steroid dienone is 2. The van der Waals surface area contributed by atoms with Crippen molar-refractivity contribution in [3.8, 4) is 11.1 Å². The number of hydrogen-bond acceptors (Lipinski definition) is 0. The van der Waals surface area contributed by atoms with Gasteiger partial charge in [0.2, 0.25) is 0 Å². The lowest BCUT2D eigenvalue weighted by atomic mass is 9.78. The maximum Gasteiger partial charge on any atom is 0.169 e. The van der Waals surface area contributed by atoms with Crippen LogP contribution in [-0.2, 0) is 12.8 Å². The molecular weight excluding hydrogens is 441 g/mol. The Balaban J connectivity index is 1.41. The van der Waals surface area contributed by atoms with Gasteiger partial charge in [0.25, 0.3) is 0 Å². The number of hydrogen-bond donors (Lipinski definition) is 0. The van der Waals surface area contributed by atoms with E-state index in [4.69, 9.17) is 0 Å². The third kappa shape index (κ3) is 6.00. The highest BCUT2D eigenvalue weighted by molar-refractivity contribution is 5.89. The van der Waals surface area contributed by atoms with Gasteiger partial charge >= 0.3 is 0 Å². The molecule has 0 radical (unpaired) electrons. The summed E-state index contributed by atoms with van der Waals surface area (Å²) in [4.78, 5) is 0. The molecule has 0 spiro atoms. The van der Waals surface area contributed by atoms with E-state index in [2.05, 4.69) is 19.1 Å². The Hall–Kier alpha value is -2.55. The Morgan fingerprint density at radius 2 is 1.49 bits per heavy atom. The molecular formula is C32H37F3. The standard InChI is InChI=1S/C32H37F3/c1-3-5-6-8-22-9-11-23(12-10-22)13-14-24-15-17-25(18-16-24)28-20-19-26-21-27(7-4-2)30(33)32(35)29(26)31(28)34/h3,5,15-23H,4,6-14H2,1-2H3/b5-3+. The Kier molecular flexibility index (Phi) is 8.70. The fourth-order valence-electron chi connectivity index (χ4n) is 5.64. The van der Waals surface area contributed by atoms with Crippen LogP contribution in [-0.4, -0.2) is 0 Å². The Bertz CT molecular complexity index is 1150. The van der Waals surface area contributed by atoms with Gasteiger partial charge in [-0.1, -0.05) is 87.6 Å². The third-order valence-corrected chi connectivity index (χ3v) is 7.77. The molecule has 0 atom stereocenters. The maximum absolute atomic E-state index is 15.3. The predicted octanol–water partition coefficient (Wildman–Crippen LogP) is 9.97. The minimum atomic E-state index is -1.08. The molecule has 0 saturated heterocycles. The van der Waals surface area contributed by atoms with Crippen LogP contribution in [0.3, 0.4) is 0 Å². The van der Waals surface area contributed by atoms with Gasteiger partial charge < -0.3 is 0 Å². The molecule has 35 heavy (non-hydrogen) atoms. The number of fused-ring (bicyclic) bond motifs is 1. The zero-order chi connectivity index (χ0) is 24.8. The van der Waals surface area contributed by atoms with E-state index in [1.54, 1.807) is 18.2 Å². The van der Waals surface area contributed by atoms with Crippen LogP contribution in [0.1, 0.15) is 76.3 Å². The van der Waals surface area contributed by atoms with Crippen molar-refractivity contribution in [2.45, 2.75) is 78.1 Å². The molecule has 3 heteroatoms. The van der Waals surface area contributed by atoms with Crippen LogP contribution < -0.4 is 0 Å². The van der Waals surface area contributed by atoms with Gasteiger partial charge in [0.05, 0.1) is 5.39 Å². The fraction of sp³-hybridized carbons (Fsp3) is 0.438. The number of halogens is 3. The van der Waals surface area contributed by atoms with Crippen molar-refractivity contribution in [2.75, 3.05) is 0 Å². The van der Waals surface area contributed by atoms with Crippen molar-refractivity contribution in [1.29, 1.82) is 0 Å². The first kappa shape index (κ1) is 25.5. The first-order valence-corrected chi connectivity index (χ1v) is 13.3. The van der Waals surface area contributed by atoms with E-state index in [9.17, 15) is 8.78 Å². The van der Waals surface area contributed by atoms with E-state index < -0.39 is 17.5 Å². The Morgan fingerprint density at radius 1 is 0.800 bits per heavy atom. The molecule has 0 nitrogen and oxygen atoms in total. The van der Waals surface area contributed by atoms with Crippen LogP contribution in [0.2, 0.25) is 0 Å². The molecule has 1 aliphatic rings. The van der Waals surface area contributed by atoms with Gasteiger partial charge in [-0.2, -0.15) is 0 Å². The maximum atomic E-state index is 15.3. The minimum Gasteiger partial charge on any atom is -0.206 e. The second-order valence-corrected chi connectivity index (χ2v) is 10.2. The normalized spacial score (nSPS) is 18.5. The monoisotopic (exact) mass is 478 g/mol. The van der Waals surface area contributed by atoms with Crippen LogP contribution in [0.5, 0.6) is 0 Å². The van der Waals surface area contributed by atoms with Gasteiger partial charge in [-0.15, -0.1) is 0 Å². The summed E-state index contributed by atoms with van der Waals surface area (Å²) in [5, 5.41) is 0.145. The molecule has 0 heterocycles. The summed E-state index contributed by atoms with van der Waals surface area (Å²) in [6.45, 7) is 4.00. The number of rotatable bonds is 9. The van der Waals surface area contributed by atoms with Crippen molar-refractivity contribution in [3.63, 3.8) is 0 Å². The lowest BCUT2D eigenvalue weighted by Gasteiger charge is -2.28. The van der Waals surface area contributed by atoms with Gasteiger partial charge in [-0.05, 0) is 79.0 Å². The highest BCUT2D eigenvalue weighted by Gasteiger charge is 2.21. The van der Waals surface area contributed by atoms with Crippen molar-refractivity contribution >= 4 is 10.8 Å². The van der Waals surface area contributed by atoms with E-state index in [-0.39, 0.29) is 5.39 Å². The second kappa shape index (κ2) is 11.9. The summed E-state index contributed by atoms with van der Waals surface area (Å²) in [5.74, 6) is -1.03. The molecule has 0 amide bonds. The Labute approximate surface area is 208 Å². The Morgan fingerprint density at radius 3 is 2.14 bits per heavy atom.